The highest BCUT2D eigenvalue weighted by atomic mass is 16.3. The van der Waals surface area contributed by atoms with Gasteiger partial charge in [-0.05, 0) is 57.3 Å². The van der Waals surface area contributed by atoms with Gasteiger partial charge in [0.05, 0.1) is 5.70 Å². The minimum absolute atomic E-state index is 0.0469. The molecule has 0 atom stereocenters. The van der Waals surface area contributed by atoms with Crippen molar-refractivity contribution in [1.29, 1.82) is 0 Å². The molecule has 2 saturated carbocycles. The van der Waals surface area contributed by atoms with Gasteiger partial charge in [0, 0.05) is 17.8 Å². The first-order chi connectivity index (χ1) is 14.0. The zero-order valence-corrected chi connectivity index (χ0v) is 17.5. The molecule has 0 unspecified atom stereocenters. The topological polar surface area (TPSA) is 76.6 Å². The molecule has 4 rings (SSSR count). The van der Waals surface area contributed by atoms with Crippen molar-refractivity contribution in [3.8, 4) is 5.88 Å². The Bertz CT molecular complexity index is 997. The quantitative estimate of drug-likeness (QED) is 0.816. The average Bonchev–Trinajstić information content (AvgIpc) is 3.04. The van der Waals surface area contributed by atoms with Gasteiger partial charge in [-0.15, -0.1) is 0 Å². The maximum absolute atomic E-state index is 13.4. The molecular formula is C23H31N3O3. The first kappa shape index (κ1) is 19.9. The van der Waals surface area contributed by atoms with Crippen molar-refractivity contribution in [2.45, 2.75) is 90.1 Å². The van der Waals surface area contributed by atoms with Crippen LogP contribution in [-0.4, -0.2) is 20.0 Å². The molecule has 0 amide bonds. The summed E-state index contributed by atoms with van der Waals surface area (Å²) in [6.45, 7) is 3.85. The molecule has 0 saturated heterocycles. The zero-order chi connectivity index (χ0) is 20.5. The number of nitrogens with zero attached hydrogens (tertiary/aromatic N) is 3. The second kappa shape index (κ2) is 8.17. The molecule has 2 aliphatic carbocycles. The zero-order valence-electron chi connectivity index (χ0n) is 17.5. The molecule has 0 aromatic carbocycles. The molecule has 6 heteroatoms. The van der Waals surface area contributed by atoms with Gasteiger partial charge in [-0.3, -0.25) is 18.9 Å². The number of aromatic hydroxyl groups is 1. The summed E-state index contributed by atoms with van der Waals surface area (Å²) in [6.07, 6.45) is 13.5. The van der Waals surface area contributed by atoms with Crippen molar-refractivity contribution in [3.05, 3.63) is 43.7 Å². The normalized spacial score (nSPS) is 22.8. The van der Waals surface area contributed by atoms with Gasteiger partial charge in [0.15, 0.2) is 0 Å². The third-order valence-electron chi connectivity index (χ3n) is 6.62. The SMILES string of the molecule is CC1=CC(C)=N/C1=C\c1c(O)n(C2CCCCC2)c(=O)n(C2CCCCC2)c1=O. The lowest BCUT2D eigenvalue weighted by Crippen LogP contribution is -2.45. The molecule has 1 N–H and O–H groups in total. The number of hydrogen-bond acceptors (Lipinski definition) is 4. The third kappa shape index (κ3) is 3.77. The fourth-order valence-electron chi connectivity index (χ4n) is 5.09. The highest BCUT2D eigenvalue weighted by Gasteiger charge is 2.28. The van der Waals surface area contributed by atoms with Crippen LogP contribution in [0.15, 0.2) is 31.9 Å². The van der Waals surface area contributed by atoms with Crippen molar-refractivity contribution < 1.29 is 5.11 Å². The van der Waals surface area contributed by atoms with Gasteiger partial charge in [0.1, 0.15) is 5.56 Å². The van der Waals surface area contributed by atoms with E-state index in [-0.39, 0.29) is 34.8 Å². The van der Waals surface area contributed by atoms with Crippen LogP contribution >= 0.6 is 0 Å². The number of hydrogen-bond donors (Lipinski definition) is 1. The van der Waals surface area contributed by atoms with Crippen molar-refractivity contribution in [3.63, 3.8) is 0 Å². The van der Waals surface area contributed by atoms with E-state index in [1.165, 1.54) is 9.13 Å². The lowest BCUT2D eigenvalue weighted by atomic mass is 9.94. The van der Waals surface area contributed by atoms with Crippen molar-refractivity contribution in [2.24, 2.45) is 4.99 Å². The van der Waals surface area contributed by atoms with Gasteiger partial charge in [-0.25, -0.2) is 4.79 Å². The molecular weight excluding hydrogens is 366 g/mol. The Labute approximate surface area is 171 Å². The number of allylic oxidation sites excluding steroid dienone is 2. The first-order valence-electron chi connectivity index (χ1n) is 11.0. The van der Waals surface area contributed by atoms with Crippen LogP contribution in [0.5, 0.6) is 5.88 Å². The molecule has 1 aromatic heterocycles. The smallest absolute Gasteiger partial charge is 0.334 e. The van der Waals surface area contributed by atoms with Gasteiger partial charge in [0.25, 0.3) is 5.56 Å². The summed E-state index contributed by atoms with van der Waals surface area (Å²) in [4.78, 5) is 31.3. The molecule has 156 valence electrons. The second-order valence-electron chi connectivity index (χ2n) is 8.76. The molecule has 1 aromatic rings. The Morgan fingerprint density at radius 3 is 2.00 bits per heavy atom. The fourth-order valence-corrected chi connectivity index (χ4v) is 5.09. The van der Waals surface area contributed by atoms with E-state index in [0.29, 0.717) is 5.70 Å². The molecule has 2 fully saturated rings. The summed E-state index contributed by atoms with van der Waals surface area (Å²) >= 11 is 0. The predicted molar refractivity (Wildman–Crippen MR) is 116 cm³/mol. The predicted octanol–water partition coefficient (Wildman–Crippen LogP) is 4.49. The summed E-state index contributed by atoms with van der Waals surface area (Å²) in [5, 5.41) is 11.1. The number of rotatable bonds is 3. The van der Waals surface area contributed by atoms with Gasteiger partial charge < -0.3 is 5.11 Å². The van der Waals surface area contributed by atoms with Crippen LogP contribution in [0.2, 0.25) is 0 Å². The largest absolute Gasteiger partial charge is 0.494 e. The highest BCUT2D eigenvalue weighted by Crippen LogP contribution is 2.33. The van der Waals surface area contributed by atoms with Gasteiger partial charge >= 0.3 is 5.69 Å². The van der Waals surface area contributed by atoms with E-state index in [0.717, 1.165) is 75.5 Å². The van der Waals surface area contributed by atoms with Crippen molar-refractivity contribution >= 4 is 11.8 Å². The van der Waals surface area contributed by atoms with Crippen LogP contribution in [0.3, 0.4) is 0 Å². The van der Waals surface area contributed by atoms with Crippen molar-refractivity contribution in [2.75, 3.05) is 0 Å². The first-order valence-corrected chi connectivity index (χ1v) is 11.0. The fraction of sp³-hybridized carbons (Fsp3) is 0.609. The van der Waals surface area contributed by atoms with E-state index >= 15 is 0 Å². The van der Waals surface area contributed by atoms with Crippen LogP contribution < -0.4 is 11.2 Å². The number of aromatic nitrogens is 2. The van der Waals surface area contributed by atoms with E-state index in [4.69, 9.17) is 0 Å². The molecule has 2 heterocycles. The van der Waals surface area contributed by atoms with Gasteiger partial charge in [0.2, 0.25) is 5.88 Å². The van der Waals surface area contributed by atoms with E-state index < -0.39 is 0 Å². The summed E-state index contributed by atoms with van der Waals surface area (Å²) in [7, 11) is 0. The maximum Gasteiger partial charge on any atom is 0.334 e. The molecule has 29 heavy (non-hydrogen) atoms. The third-order valence-corrected chi connectivity index (χ3v) is 6.62. The second-order valence-corrected chi connectivity index (χ2v) is 8.76. The summed E-state index contributed by atoms with van der Waals surface area (Å²) in [5.74, 6) is -0.195. The Balaban J connectivity index is 1.92. The minimum atomic E-state index is -0.383. The maximum atomic E-state index is 13.4. The van der Waals surface area contributed by atoms with Crippen LogP contribution in [0.4, 0.5) is 0 Å². The molecule has 1 aliphatic heterocycles. The molecule has 0 radical (unpaired) electrons. The lowest BCUT2D eigenvalue weighted by molar-refractivity contribution is 0.271. The monoisotopic (exact) mass is 397 g/mol. The molecule has 6 nitrogen and oxygen atoms in total. The summed E-state index contributed by atoms with van der Waals surface area (Å²) in [5.41, 5.74) is 1.99. The van der Waals surface area contributed by atoms with Crippen molar-refractivity contribution in [1.82, 2.24) is 9.13 Å². The van der Waals surface area contributed by atoms with Crippen LogP contribution in [0, 0.1) is 0 Å². The lowest BCUT2D eigenvalue weighted by Gasteiger charge is -2.29. The van der Waals surface area contributed by atoms with Crippen LogP contribution in [0.25, 0.3) is 6.08 Å². The molecule has 0 bridgehead atoms. The average molecular weight is 398 g/mol. The standard InChI is InChI=1S/C23H31N3O3/c1-15-13-16(2)24-20(15)14-19-21(27)25(17-9-5-3-6-10-17)23(29)26(22(19)28)18-11-7-4-8-12-18/h13-14,17-18,27H,3-12H2,1-2H3/b20-14-. The van der Waals surface area contributed by atoms with Crippen LogP contribution in [-0.2, 0) is 0 Å². The Morgan fingerprint density at radius 2 is 1.48 bits per heavy atom. The Kier molecular flexibility index (Phi) is 5.61. The van der Waals surface area contributed by atoms with E-state index in [1.54, 1.807) is 6.08 Å². The van der Waals surface area contributed by atoms with E-state index in [1.807, 2.05) is 19.9 Å². The Morgan fingerprint density at radius 1 is 0.931 bits per heavy atom. The van der Waals surface area contributed by atoms with Gasteiger partial charge in [-0.2, -0.15) is 0 Å². The van der Waals surface area contributed by atoms with E-state index in [9.17, 15) is 14.7 Å². The Hall–Kier alpha value is -2.37. The van der Waals surface area contributed by atoms with E-state index in [2.05, 4.69) is 4.99 Å². The summed E-state index contributed by atoms with van der Waals surface area (Å²) in [6, 6.07) is -0.129. The van der Waals surface area contributed by atoms with Crippen LogP contribution in [0.1, 0.15) is 95.7 Å². The number of aliphatic imine (C=N–C) groups is 1. The van der Waals surface area contributed by atoms with Gasteiger partial charge in [-0.1, -0.05) is 38.5 Å². The highest BCUT2D eigenvalue weighted by molar-refractivity contribution is 5.98. The molecule has 0 spiro atoms. The molecule has 3 aliphatic rings. The minimum Gasteiger partial charge on any atom is -0.494 e. The summed E-state index contributed by atoms with van der Waals surface area (Å²) < 4.78 is 2.94.